The number of anilines is 1. The highest BCUT2D eigenvalue weighted by Crippen LogP contribution is 2.27. The van der Waals surface area contributed by atoms with E-state index in [-0.39, 0.29) is 11.8 Å². The number of aromatic nitrogens is 2. The van der Waals surface area contributed by atoms with E-state index in [1.165, 1.54) is 0 Å². The van der Waals surface area contributed by atoms with Crippen LogP contribution < -0.4 is 20.9 Å². The van der Waals surface area contributed by atoms with Gasteiger partial charge in [0.05, 0.1) is 12.1 Å². The molecule has 5 N–H and O–H groups in total. The van der Waals surface area contributed by atoms with Crippen molar-refractivity contribution in [2.45, 2.75) is 46.3 Å². The Morgan fingerprint density at radius 3 is 2.86 bits per heavy atom. The van der Waals surface area contributed by atoms with Crippen LogP contribution >= 0.6 is 0 Å². The summed E-state index contributed by atoms with van der Waals surface area (Å²) in [5.41, 5.74) is 3.62. The van der Waals surface area contributed by atoms with Gasteiger partial charge in [0.25, 0.3) is 0 Å². The maximum absolute atomic E-state index is 11.9. The predicted octanol–water partition coefficient (Wildman–Crippen LogP) is -0.166. The Balaban J connectivity index is 2.18. The molecule has 124 valence electrons. The van der Waals surface area contributed by atoms with E-state index in [1.807, 2.05) is 17.8 Å². The third-order valence-corrected chi connectivity index (χ3v) is 4.19. The van der Waals surface area contributed by atoms with Gasteiger partial charge in [-0.15, -0.1) is 4.68 Å². The number of carbonyl (C=O) groups is 1. The molecule has 1 aromatic rings. The molecule has 0 saturated carbocycles. The van der Waals surface area contributed by atoms with Crippen molar-refractivity contribution in [1.29, 1.82) is 0 Å². The van der Waals surface area contributed by atoms with Crippen molar-refractivity contribution < 1.29 is 14.6 Å². The minimum Gasteiger partial charge on any atom is -0.384 e. The normalized spacial score (nSPS) is 22.7. The molecule has 1 amide bonds. The van der Waals surface area contributed by atoms with E-state index in [0.29, 0.717) is 19.0 Å². The average molecular weight is 310 g/mol. The number of hydrazine groups is 1. The fraction of sp³-hybridized carbons (Fsp3) is 0.733. The van der Waals surface area contributed by atoms with E-state index >= 15 is 0 Å². The molecule has 22 heavy (non-hydrogen) atoms. The van der Waals surface area contributed by atoms with Crippen LogP contribution in [-0.4, -0.2) is 34.8 Å². The van der Waals surface area contributed by atoms with E-state index in [4.69, 9.17) is 5.84 Å². The molecule has 2 rings (SSSR count). The topological polar surface area (TPSA) is 98.3 Å². The molecule has 2 heterocycles. The van der Waals surface area contributed by atoms with Crippen LogP contribution in [0.4, 0.5) is 5.69 Å². The van der Waals surface area contributed by atoms with Crippen molar-refractivity contribution in [2.24, 2.45) is 17.7 Å². The summed E-state index contributed by atoms with van der Waals surface area (Å²) in [4.78, 5) is 14.1. The first-order chi connectivity index (χ1) is 10.2. The SMILES string of the molecule is Cc1c(N2CC(C)CC(C(=O)NN)C2)c[nH][n+]1CC(C)(C)O. The van der Waals surface area contributed by atoms with Gasteiger partial charge in [0.1, 0.15) is 11.3 Å². The first-order valence-electron chi connectivity index (χ1n) is 7.77. The molecule has 2 unspecified atom stereocenters. The number of amides is 1. The predicted molar refractivity (Wildman–Crippen MR) is 83.8 cm³/mol. The summed E-state index contributed by atoms with van der Waals surface area (Å²) in [7, 11) is 0. The Labute approximate surface area is 131 Å². The van der Waals surface area contributed by atoms with Crippen LogP contribution in [0.25, 0.3) is 0 Å². The van der Waals surface area contributed by atoms with Gasteiger partial charge in [-0.1, -0.05) is 6.92 Å². The van der Waals surface area contributed by atoms with E-state index in [2.05, 4.69) is 22.3 Å². The molecule has 1 saturated heterocycles. The monoisotopic (exact) mass is 310 g/mol. The van der Waals surface area contributed by atoms with Crippen LogP contribution in [-0.2, 0) is 11.3 Å². The molecule has 0 aromatic carbocycles. The molecule has 2 atom stereocenters. The van der Waals surface area contributed by atoms with Crippen LogP contribution in [0.3, 0.4) is 0 Å². The number of aromatic amines is 1. The highest BCUT2D eigenvalue weighted by Gasteiger charge is 2.33. The van der Waals surface area contributed by atoms with Gasteiger partial charge >= 0.3 is 0 Å². The van der Waals surface area contributed by atoms with Gasteiger partial charge in [-0.05, 0) is 26.2 Å². The van der Waals surface area contributed by atoms with E-state index < -0.39 is 5.60 Å². The number of H-pyrrole nitrogens is 1. The fourth-order valence-electron chi connectivity index (χ4n) is 3.21. The van der Waals surface area contributed by atoms with Crippen LogP contribution in [0.1, 0.15) is 32.9 Å². The Morgan fingerprint density at radius 2 is 2.27 bits per heavy atom. The highest BCUT2D eigenvalue weighted by molar-refractivity contribution is 5.79. The maximum Gasteiger partial charge on any atom is 0.238 e. The molecule has 0 aliphatic carbocycles. The Kier molecular flexibility index (Phi) is 4.77. The molecule has 1 aliphatic rings. The van der Waals surface area contributed by atoms with Gasteiger partial charge in [0.2, 0.25) is 11.6 Å². The molecule has 0 spiro atoms. The van der Waals surface area contributed by atoms with Crippen LogP contribution in [0, 0.1) is 18.8 Å². The number of piperidine rings is 1. The summed E-state index contributed by atoms with van der Waals surface area (Å²) in [6, 6.07) is 0. The summed E-state index contributed by atoms with van der Waals surface area (Å²) < 4.78 is 1.94. The molecular weight excluding hydrogens is 282 g/mol. The minimum atomic E-state index is -0.783. The number of aliphatic hydroxyl groups is 1. The van der Waals surface area contributed by atoms with Crippen molar-refractivity contribution in [1.82, 2.24) is 10.5 Å². The Hall–Kier alpha value is -1.60. The number of rotatable bonds is 4. The molecule has 7 nitrogen and oxygen atoms in total. The van der Waals surface area contributed by atoms with Gasteiger partial charge in [0, 0.05) is 20.0 Å². The molecule has 7 heteroatoms. The lowest BCUT2D eigenvalue weighted by Crippen LogP contribution is -2.49. The van der Waals surface area contributed by atoms with E-state index in [1.54, 1.807) is 13.8 Å². The molecular formula is C15H28N5O2+. The Morgan fingerprint density at radius 1 is 1.59 bits per heavy atom. The molecule has 1 aliphatic heterocycles. The average Bonchev–Trinajstić information content (AvgIpc) is 2.76. The third-order valence-electron chi connectivity index (χ3n) is 4.19. The standard InChI is InChI=1S/C15H27N5O2/c1-10-5-12(14(21)18-16)8-19(7-10)13-6-17-20(11(13)2)9-15(3,4)22/h6,10,12,22H,5,7-9,16H2,1-4H3,(H,18,21)/p+1. The van der Waals surface area contributed by atoms with Crippen molar-refractivity contribution in [2.75, 3.05) is 18.0 Å². The Bertz CT molecular complexity index is 535. The smallest absolute Gasteiger partial charge is 0.238 e. The quantitative estimate of drug-likeness (QED) is 0.269. The zero-order valence-corrected chi connectivity index (χ0v) is 13.9. The van der Waals surface area contributed by atoms with Gasteiger partial charge in [-0.3, -0.25) is 10.2 Å². The molecule has 0 radical (unpaired) electrons. The van der Waals surface area contributed by atoms with Gasteiger partial charge < -0.3 is 10.0 Å². The number of hydrogen-bond acceptors (Lipinski definition) is 4. The minimum absolute atomic E-state index is 0.0919. The lowest BCUT2D eigenvalue weighted by molar-refractivity contribution is -0.765. The van der Waals surface area contributed by atoms with Crippen molar-refractivity contribution >= 4 is 11.6 Å². The molecule has 1 aromatic heterocycles. The first kappa shape index (κ1) is 16.8. The lowest BCUT2D eigenvalue weighted by atomic mass is 9.89. The summed E-state index contributed by atoms with van der Waals surface area (Å²) in [6.45, 7) is 9.80. The van der Waals surface area contributed by atoms with Crippen LogP contribution in [0.5, 0.6) is 0 Å². The second-order valence-electron chi connectivity index (χ2n) is 7.09. The molecule has 1 fully saturated rings. The number of nitrogens with one attached hydrogen (secondary N) is 2. The molecule has 0 bridgehead atoms. The van der Waals surface area contributed by atoms with Gasteiger partial charge in [-0.25, -0.2) is 5.84 Å². The number of nitrogens with two attached hydrogens (primary N) is 1. The summed E-state index contributed by atoms with van der Waals surface area (Å²) >= 11 is 0. The third kappa shape index (κ3) is 3.78. The summed E-state index contributed by atoms with van der Waals surface area (Å²) in [5.74, 6) is 5.51. The van der Waals surface area contributed by atoms with Crippen molar-refractivity contribution in [3.05, 3.63) is 11.9 Å². The van der Waals surface area contributed by atoms with E-state index in [0.717, 1.165) is 24.3 Å². The van der Waals surface area contributed by atoms with Crippen LogP contribution in [0.15, 0.2) is 6.20 Å². The largest absolute Gasteiger partial charge is 0.384 e. The van der Waals surface area contributed by atoms with Gasteiger partial charge in [-0.2, -0.15) is 5.10 Å². The fourth-order valence-corrected chi connectivity index (χ4v) is 3.21. The summed E-state index contributed by atoms with van der Waals surface area (Å²) in [6.07, 6.45) is 2.79. The summed E-state index contributed by atoms with van der Waals surface area (Å²) in [5, 5.41) is 13.2. The number of hydrogen-bond donors (Lipinski definition) is 4. The van der Waals surface area contributed by atoms with Crippen molar-refractivity contribution in [3.8, 4) is 0 Å². The zero-order valence-electron chi connectivity index (χ0n) is 13.9. The van der Waals surface area contributed by atoms with Crippen LogP contribution in [0.2, 0.25) is 0 Å². The lowest BCUT2D eigenvalue weighted by Gasteiger charge is -2.36. The van der Waals surface area contributed by atoms with E-state index in [9.17, 15) is 9.90 Å². The van der Waals surface area contributed by atoms with Crippen molar-refractivity contribution in [3.63, 3.8) is 0 Å². The second kappa shape index (κ2) is 6.26. The maximum atomic E-state index is 11.9. The number of nitrogens with zero attached hydrogens (tertiary/aromatic N) is 2. The first-order valence-corrected chi connectivity index (χ1v) is 7.77. The zero-order chi connectivity index (χ0) is 16.5. The van der Waals surface area contributed by atoms with Gasteiger partial charge in [0.15, 0.2) is 6.54 Å². The highest BCUT2D eigenvalue weighted by atomic mass is 16.3. The number of carbonyl (C=O) groups excluding carboxylic acids is 1. The second-order valence-corrected chi connectivity index (χ2v) is 7.09.